The lowest BCUT2D eigenvalue weighted by Gasteiger charge is -2.30. The van der Waals surface area contributed by atoms with Crippen molar-refractivity contribution in [2.45, 2.75) is 19.6 Å². The van der Waals surface area contributed by atoms with Crippen LogP contribution in [0.15, 0.2) is 30.3 Å². The molecule has 0 aliphatic carbocycles. The molecule has 0 spiro atoms. The largest absolute Gasteiger partial charge is 0.486 e. The van der Waals surface area contributed by atoms with Crippen molar-refractivity contribution in [3.05, 3.63) is 40.1 Å². The van der Waals surface area contributed by atoms with Gasteiger partial charge in [-0.25, -0.2) is 0 Å². The van der Waals surface area contributed by atoms with Crippen molar-refractivity contribution in [3.63, 3.8) is 0 Å². The number of carbonyl (C=O) groups is 1. The molecule has 7 heteroatoms. The third-order valence-corrected chi connectivity index (χ3v) is 5.40. The highest BCUT2D eigenvalue weighted by Crippen LogP contribution is 2.35. The number of morpholine rings is 1. The SMILES string of the molecule is Cc1ccc(CN(C(=O)C2CNCCO2)c2ccc3c(c2)OCCO3)s1. The summed E-state index contributed by atoms with van der Waals surface area (Å²) in [4.78, 5) is 17.3. The van der Waals surface area contributed by atoms with Gasteiger partial charge >= 0.3 is 0 Å². The van der Waals surface area contributed by atoms with Crippen LogP contribution in [0.3, 0.4) is 0 Å². The highest BCUT2D eigenvalue weighted by atomic mass is 32.1. The van der Waals surface area contributed by atoms with Gasteiger partial charge in [-0.2, -0.15) is 0 Å². The summed E-state index contributed by atoms with van der Waals surface area (Å²) in [6.45, 7) is 5.50. The number of ether oxygens (including phenoxy) is 3. The van der Waals surface area contributed by atoms with Gasteiger partial charge in [-0.3, -0.25) is 4.79 Å². The number of benzene rings is 1. The molecule has 6 nitrogen and oxygen atoms in total. The van der Waals surface area contributed by atoms with E-state index < -0.39 is 6.10 Å². The second-order valence-electron chi connectivity index (χ2n) is 6.33. The second kappa shape index (κ2) is 7.65. The molecule has 0 radical (unpaired) electrons. The van der Waals surface area contributed by atoms with Crippen LogP contribution < -0.4 is 19.7 Å². The van der Waals surface area contributed by atoms with E-state index in [0.29, 0.717) is 38.7 Å². The van der Waals surface area contributed by atoms with Gasteiger partial charge in [0.05, 0.1) is 13.2 Å². The van der Waals surface area contributed by atoms with Gasteiger partial charge in [0.1, 0.15) is 19.3 Å². The lowest BCUT2D eigenvalue weighted by Crippen LogP contribution is -2.49. The fraction of sp³-hybridized carbons (Fsp3) is 0.421. The van der Waals surface area contributed by atoms with Crippen LogP contribution in [0.4, 0.5) is 5.69 Å². The van der Waals surface area contributed by atoms with Crippen LogP contribution in [-0.4, -0.2) is 44.9 Å². The number of hydrogen-bond donors (Lipinski definition) is 1. The average molecular weight is 374 g/mol. The molecule has 3 heterocycles. The van der Waals surface area contributed by atoms with Crippen LogP contribution in [0, 0.1) is 6.92 Å². The van der Waals surface area contributed by atoms with Crippen LogP contribution in [-0.2, 0) is 16.1 Å². The molecule has 1 saturated heterocycles. The number of nitrogens with one attached hydrogen (secondary N) is 1. The molecule has 1 N–H and O–H groups in total. The zero-order valence-corrected chi connectivity index (χ0v) is 15.5. The number of hydrogen-bond acceptors (Lipinski definition) is 6. The summed E-state index contributed by atoms with van der Waals surface area (Å²) in [5.74, 6) is 1.35. The number of rotatable bonds is 4. The first kappa shape index (κ1) is 17.3. The van der Waals surface area contributed by atoms with Gasteiger partial charge in [-0.1, -0.05) is 0 Å². The maximum Gasteiger partial charge on any atom is 0.257 e. The first-order chi connectivity index (χ1) is 12.7. The van der Waals surface area contributed by atoms with Crippen molar-refractivity contribution in [3.8, 4) is 11.5 Å². The third-order valence-electron chi connectivity index (χ3n) is 4.42. The van der Waals surface area contributed by atoms with Crippen LogP contribution in [0.2, 0.25) is 0 Å². The van der Waals surface area contributed by atoms with Gasteiger partial charge in [-0.05, 0) is 31.2 Å². The molecule has 138 valence electrons. The Kier molecular flexibility index (Phi) is 5.10. The molecule has 0 saturated carbocycles. The van der Waals surface area contributed by atoms with Gasteiger partial charge < -0.3 is 24.4 Å². The van der Waals surface area contributed by atoms with E-state index in [0.717, 1.165) is 22.9 Å². The third kappa shape index (κ3) is 3.70. The van der Waals surface area contributed by atoms with Crippen molar-refractivity contribution in [1.82, 2.24) is 5.32 Å². The molecule has 1 amide bonds. The number of anilines is 1. The van der Waals surface area contributed by atoms with Gasteiger partial charge in [0, 0.05) is 34.6 Å². The van der Waals surface area contributed by atoms with Crippen LogP contribution in [0.25, 0.3) is 0 Å². The highest BCUT2D eigenvalue weighted by Gasteiger charge is 2.29. The van der Waals surface area contributed by atoms with E-state index in [1.807, 2.05) is 18.2 Å². The van der Waals surface area contributed by atoms with E-state index in [2.05, 4.69) is 24.4 Å². The molecule has 1 atom stereocenters. The van der Waals surface area contributed by atoms with Crippen molar-refractivity contribution in [1.29, 1.82) is 0 Å². The fourth-order valence-corrected chi connectivity index (χ4v) is 4.00. The molecule has 1 aromatic carbocycles. The highest BCUT2D eigenvalue weighted by molar-refractivity contribution is 7.11. The Morgan fingerprint density at radius 2 is 2.04 bits per heavy atom. The van der Waals surface area contributed by atoms with E-state index >= 15 is 0 Å². The molecule has 2 aliphatic heterocycles. The lowest BCUT2D eigenvalue weighted by atomic mass is 10.2. The molecule has 2 aliphatic rings. The van der Waals surface area contributed by atoms with E-state index in [1.54, 1.807) is 16.2 Å². The van der Waals surface area contributed by atoms with Crippen molar-refractivity contribution < 1.29 is 19.0 Å². The Morgan fingerprint density at radius 1 is 1.19 bits per heavy atom. The molecule has 0 bridgehead atoms. The Labute approximate surface area is 156 Å². The standard InChI is InChI=1S/C19H22N2O4S/c1-13-2-4-15(26-13)12-21(19(22)18-11-20-6-7-23-18)14-3-5-16-17(10-14)25-9-8-24-16/h2-5,10,18,20H,6-9,11-12H2,1H3. The van der Waals surface area contributed by atoms with E-state index in [9.17, 15) is 4.79 Å². The number of aryl methyl sites for hydroxylation is 1. The summed E-state index contributed by atoms with van der Waals surface area (Å²) in [7, 11) is 0. The van der Waals surface area contributed by atoms with Crippen LogP contribution in [0.5, 0.6) is 11.5 Å². The fourth-order valence-electron chi connectivity index (χ4n) is 3.12. The minimum absolute atomic E-state index is 0.0417. The van der Waals surface area contributed by atoms with E-state index in [-0.39, 0.29) is 5.91 Å². The van der Waals surface area contributed by atoms with Gasteiger partial charge in [0.25, 0.3) is 5.91 Å². The minimum Gasteiger partial charge on any atom is -0.486 e. The maximum absolute atomic E-state index is 13.2. The van der Waals surface area contributed by atoms with Crippen molar-refractivity contribution in [2.24, 2.45) is 0 Å². The monoisotopic (exact) mass is 374 g/mol. The Morgan fingerprint density at radius 3 is 2.77 bits per heavy atom. The summed E-state index contributed by atoms with van der Waals surface area (Å²) in [5, 5.41) is 3.23. The molecular formula is C19H22N2O4S. The second-order valence-corrected chi connectivity index (χ2v) is 7.70. The molecule has 4 rings (SSSR count). The molecular weight excluding hydrogens is 352 g/mol. The smallest absolute Gasteiger partial charge is 0.257 e. The summed E-state index contributed by atoms with van der Waals surface area (Å²) >= 11 is 1.70. The minimum atomic E-state index is -0.474. The Balaban J connectivity index is 1.63. The topological polar surface area (TPSA) is 60.0 Å². The summed E-state index contributed by atoms with van der Waals surface area (Å²) < 4.78 is 17.0. The zero-order valence-electron chi connectivity index (χ0n) is 14.7. The lowest BCUT2D eigenvalue weighted by molar-refractivity contribution is -0.131. The number of fused-ring (bicyclic) bond motifs is 1. The predicted molar refractivity (Wildman–Crippen MR) is 100 cm³/mol. The van der Waals surface area contributed by atoms with Gasteiger partial charge in [-0.15, -0.1) is 11.3 Å². The van der Waals surface area contributed by atoms with E-state index in [4.69, 9.17) is 14.2 Å². The van der Waals surface area contributed by atoms with Crippen LogP contribution in [0.1, 0.15) is 9.75 Å². The Hall–Kier alpha value is -2.09. The predicted octanol–water partition coefficient (Wildman–Crippen LogP) is 2.35. The van der Waals surface area contributed by atoms with E-state index in [1.165, 1.54) is 4.88 Å². The molecule has 1 fully saturated rings. The van der Waals surface area contributed by atoms with Gasteiger partial charge in [0.2, 0.25) is 0 Å². The number of nitrogens with zero attached hydrogens (tertiary/aromatic N) is 1. The number of thiophene rings is 1. The summed E-state index contributed by atoms with van der Waals surface area (Å²) in [5.41, 5.74) is 0.791. The number of amides is 1. The van der Waals surface area contributed by atoms with Crippen molar-refractivity contribution >= 4 is 22.9 Å². The maximum atomic E-state index is 13.2. The first-order valence-electron chi connectivity index (χ1n) is 8.79. The molecule has 1 unspecified atom stereocenters. The molecule has 26 heavy (non-hydrogen) atoms. The van der Waals surface area contributed by atoms with Crippen molar-refractivity contribution in [2.75, 3.05) is 37.8 Å². The van der Waals surface area contributed by atoms with Crippen LogP contribution >= 0.6 is 11.3 Å². The number of carbonyl (C=O) groups excluding carboxylic acids is 1. The molecule has 2 aromatic rings. The molecule has 1 aromatic heterocycles. The van der Waals surface area contributed by atoms with Gasteiger partial charge in [0.15, 0.2) is 11.5 Å². The Bertz CT molecular complexity index is 786. The summed E-state index contributed by atoms with van der Waals surface area (Å²) in [6, 6.07) is 9.79. The first-order valence-corrected chi connectivity index (χ1v) is 9.61. The zero-order chi connectivity index (χ0) is 17.9. The normalized spacial score (nSPS) is 19.2. The summed E-state index contributed by atoms with van der Waals surface area (Å²) in [6.07, 6.45) is -0.474. The average Bonchev–Trinajstić information content (AvgIpc) is 3.11. The quantitative estimate of drug-likeness (QED) is 0.890.